The number of imidazole rings is 1. The predicted octanol–water partition coefficient (Wildman–Crippen LogP) is 2.46. The van der Waals surface area contributed by atoms with Crippen molar-refractivity contribution < 1.29 is 4.39 Å². The van der Waals surface area contributed by atoms with E-state index in [0.717, 1.165) is 9.39 Å². The molecule has 0 unspecified atom stereocenters. The number of rotatable bonds is 0. The standard InChI is InChI=1S/C8H12FIN2/c1-8(2,3)5-6(10)12(4)7(9)11-5/h1-4H3. The summed E-state index contributed by atoms with van der Waals surface area (Å²) < 4.78 is 15.3. The largest absolute Gasteiger partial charge is 0.298 e. The molecule has 68 valence electrons. The van der Waals surface area contributed by atoms with Gasteiger partial charge < -0.3 is 0 Å². The van der Waals surface area contributed by atoms with Gasteiger partial charge in [-0.15, -0.1) is 0 Å². The molecule has 0 spiro atoms. The highest BCUT2D eigenvalue weighted by Crippen LogP contribution is 2.25. The summed E-state index contributed by atoms with van der Waals surface area (Å²) in [6.07, 6.45) is -0.413. The SMILES string of the molecule is Cn1c(F)nc(C(C)(C)C)c1I. The van der Waals surface area contributed by atoms with Gasteiger partial charge in [-0.25, -0.2) is 4.98 Å². The molecule has 0 atom stereocenters. The topological polar surface area (TPSA) is 17.8 Å². The van der Waals surface area contributed by atoms with Crippen LogP contribution >= 0.6 is 22.6 Å². The molecule has 1 aromatic rings. The maximum Gasteiger partial charge on any atom is 0.290 e. The summed E-state index contributed by atoms with van der Waals surface area (Å²) in [6.45, 7) is 6.07. The van der Waals surface area contributed by atoms with Crippen LogP contribution in [0, 0.1) is 9.78 Å². The first-order valence-electron chi connectivity index (χ1n) is 3.72. The van der Waals surface area contributed by atoms with Gasteiger partial charge in [-0.2, -0.15) is 4.39 Å². The number of aromatic nitrogens is 2. The van der Waals surface area contributed by atoms with E-state index in [1.54, 1.807) is 7.05 Å². The molecular weight excluding hydrogens is 270 g/mol. The van der Waals surface area contributed by atoms with Crippen LogP contribution in [-0.4, -0.2) is 9.55 Å². The van der Waals surface area contributed by atoms with E-state index < -0.39 is 6.08 Å². The number of halogens is 2. The Morgan fingerprint density at radius 2 is 1.92 bits per heavy atom. The van der Waals surface area contributed by atoms with Gasteiger partial charge in [-0.3, -0.25) is 4.57 Å². The molecule has 1 rings (SSSR count). The van der Waals surface area contributed by atoms with E-state index in [2.05, 4.69) is 27.6 Å². The third-order valence-corrected chi connectivity index (χ3v) is 2.92. The summed E-state index contributed by atoms with van der Waals surface area (Å²) >= 11 is 2.11. The summed E-state index contributed by atoms with van der Waals surface area (Å²) in [5.41, 5.74) is 0.738. The molecule has 2 nitrogen and oxygen atoms in total. The molecule has 0 aliphatic rings. The minimum Gasteiger partial charge on any atom is -0.298 e. The Kier molecular flexibility index (Phi) is 2.47. The molecule has 0 N–H and O–H groups in total. The van der Waals surface area contributed by atoms with Crippen molar-refractivity contribution in [1.82, 2.24) is 9.55 Å². The molecule has 0 aliphatic heterocycles. The zero-order valence-corrected chi connectivity index (χ0v) is 9.81. The van der Waals surface area contributed by atoms with Crippen molar-refractivity contribution in [3.8, 4) is 0 Å². The number of nitrogens with zero attached hydrogens (tertiary/aromatic N) is 2. The second kappa shape index (κ2) is 2.97. The van der Waals surface area contributed by atoms with Crippen molar-refractivity contribution in [2.24, 2.45) is 7.05 Å². The van der Waals surface area contributed by atoms with E-state index in [4.69, 9.17) is 0 Å². The van der Waals surface area contributed by atoms with Crippen LogP contribution in [0.25, 0.3) is 0 Å². The minimum absolute atomic E-state index is 0.0847. The molecule has 0 saturated carbocycles. The lowest BCUT2D eigenvalue weighted by atomic mass is 9.93. The van der Waals surface area contributed by atoms with Crippen molar-refractivity contribution in [3.05, 3.63) is 15.5 Å². The van der Waals surface area contributed by atoms with Crippen molar-refractivity contribution in [2.45, 2.75) is 26.2 Å². The number of hydrogen-bond acceptors (Lipinski definition) is 1. The molecule has 0 amide bonds. The van der Waals surface area contributed by atoms with Crippen LogP contribution in [0.4, 0.5) is 4.39 Å². The Bertz CT molecular complexity index is 299. The van der Waals surface area contributed by atoms with Gasteiger partial charge in [0, 0.05) is 12.5 Å². The third-order valence-electron chi connectivity index (χ3n) is 1.68. The fraction of sp³-hybridized carbons (Fsp3) is 0.625. The van der Waals surface area contributed by atoms with Gasteiger partial charge in [0.15, 0.2) is 0 Å². The lowest BCUT2D eigenvalue weighted by Gasteiger charge is -2.15. The Labute approximate surface area is 85.3 Å². The van der Waals surface area contributed by atoms with Gasteiger partial charge in [-0.05, 0) is 22.6 Å². The monoisotopic (exact) mass is 282 g/mol. The van der Waals surface area contributed by atoms with Crippen LogP contribution in [0.2, 0.25) is 0 Å². The molecular formula is C8H12FIN2. The van der Waals surface area contributed by atoms with Crippen LogP contribution in [0.15, 0.2) is 0 Å². The van der Waals surface area contributed by atoms with E-state index in [0.29, 0.717) is 0 Å². The van der Waals surface area contributed by atoms with Gasteiger partial charge in [0.25, 0.3) is 6.08 Å². The smallest absolute Gasteiger partial charge is 0.290 e. The average molecular weight is 282 g/mol. The quantitative estimate of drug-likeness (QED) is 0.668. The zero-order chi connectivity index (χ0) is 9.52. The first-order chi connectivity index (χ1) is 5.34. The maximum absolute atomic E-state index is 13.0. The minimum atomic E-state index is -0.413. The van der Waals surface area contributed by atoms with E-state index in [9.17, 15) is 4.39 Å². The Morgan fingerprint density at radius 1 is 1.42 bits per heavy atom. The first kappa shape index (κ1) is 9.95. The van der Waals surface area contributed by atoms with E-state index >= 15 is 0 Å². The Hall–Kier alpha value is -0.130. The van der Waals surface area contributed by atoms with Crippen LogP contribution in [-0.2, 0) is 12.5 Å². The normalized spacial score (nSPS) is 12.2. The van der Waals surface area contributed by atoms with Crippen molar-refractivity contribution >= 4 is 22.6 Å². The zero-order valence-electron chi connectivity index (χ0n) is 7.65. The highest BCUT2D eigenvalue weighted by Gasteiger charge is 2.23. The summed E-state index contributed by atoms with van der Waals surface area (Å²) in [5, 5.41) is 0. The summed E-state index contributed by atoms with van der Waals surface area (Å²) in [7, 11) is 1.68. The maximum atomic E-state index is 13.0. The van der Waals surface area contributed by atoms with Gasteiger partial charge in [0.2, 0.25) is 0 Å². The molecule has 1 aromatic heterocycles. The second-order valence-corrected chi connectivity index (χ2v) is 4.85. The molecule has 0 bridgehead atoms. The molecule has 0 aliphatic carbocycles. The van der Waals surface area contributed by atoms with Gasteiger partial charge in [0.1, 0.15) is 3.70 Å². The van der Waals surface area contributed by atoms with Crippen molar-refractivity contribution in [3.63, 3.8) is 0 Å². The van der Waals surface area contributed by atoms with E-state index in [1.165, 1.54) is 4.57 Å². The van der Waals surface area contributed by atoms with Gasteiger partial charge in [-0.1, -0.05) is 20.8 Å². The van der Waals surface area contributed by atoms with Crippen molar-refractivity contribution in [1.29, 1.82) is 0 Å². The lowest BCUT2D eigenvalue weighted by Crippen LogP contribution is -2.13. The fourth-order valence-electron chi connectivity index (χ4n) is 0.930. The lowest BCUT2D eigenvalue weighted by molar-refractivity contribution is 0.491. The summed E-state index contributed by atoms with van der Waals surface area (Å²) in [4.78, 5) is 3.87. The molecule has 0 saturated heterocycles. The first-order valence-corrected chi connectivity index (χ1v) is 4.80. The highest BCUT2D eigenvalue weighted by molar-refractivity contribution is 14.1. The van der Waals surface area contributed by atoms with Crippen LogP contribution < -0.4 is 0 Å². The third kappa shape index (κ3) is 1.62. The second-order valence-electron chi connectivity index (χ2n) is 3.83. The molecule has 0 aromatic carbocycles. The molecule has 0 fully saturated rings. The Balaban J connectivity index is 3.28. The molecule has 4 heteroatoms. The summed E-state index contributed by atoms with van der Waals surface area (Å²) in [5.74, 6) is 0. The van der Waals surface area contributed by atoms with Gasteiger partial charge in [0.05, 0.1) is 5.69 Å². The molecule has 1 heterocycles. The summed E-state index contributed by atoms with van der Waals surface area (Å²) in [6, 6.07) is 0. The molecule has 12 heavy (non-hydrogen) atoms. The average Bonchev–Trinajstić information content (AvgIpc) is 2.15. The predicted molar refractivity (Wildman–Crippen MR) is 54.6 cm³/mol. The van der Waals surface area contributed by atoms with Crippen LogP contribution in [0.5, 0.6) is 0 Å². The molecule has 0 radical (unpaired) electrons. The van der Waals surface area contributed by atoms with Crippen molar-refractivity contribution in [2.75, 3.05) is 0 Å². The van der Waals surface area contributed by atoms with Crippen LogP contribution in [0.3, 0.4) is 0 Å². The number of hydrogen-bond donors (Lipinski definition) is 0. The van der Waals surface area contributed by atoms with E-state index in [1.807, 2.05) is 20.8 Å². The van der Waals surface area contributed by atoms with E-state index in [-0.39, 0.29) is 5.41 Å². The highest BCUT2D eigenvalue weighted by atomic mass is 127. The van der Waals surface area contributed by atoms with Gasteiger partial charge >= 0.3 is 0 Å². The Morgan fingerprint density at radius 3 is 2.08 bits per heavy atom. The van der Waals surface area contributed by atoms with Crippen LogP contribution in [0.1, 0.15) is 26.5 Å². The fourth-order valence-corrected chi connectivity index (χ4v) is 2.06.